The first-order chi connectivity index (χ1) is 9.22. The average molecular weight is 277 g/mol. The predicted molar refractivity (Wildman–Crippen MR) is 73.9 cm³/mol. The van der Waals surface area contributed by atoms with E-state index in [1.54, 1.807) is 12.1 Å². The number of amides is 1. The third-order valence-electron chi connectivity index (χ3n) is 3.30. The second-order valence-electron chi connectivity index (χ2n) is 4.81. The summed E-state index contributed by atoms with van der Waals surface area (Å²) in [5.41, 5.74) is 8.02. The Morgan fingerprint density at radius 3 is 3.05 bits per heavy atom. The highest BCUT2D eigenvalue weighted by molar-refractivity contribution is 7.00. The van der Waals surface area contributed by atoms with E-state index in [0.717, 1.165) is 42.3 Å². The second kappa shape index (κ2) is 5.20. The molecule has 2 N–H and O–H groups in total. The third kappa shape index (κ3) is 2.73. The molecular weight excluding hydrogens is 262 g/mol. The SMILES string of the molecule is CN1CCC(NNC(=O)c2ccc3nsnc3c2)C1. The number of carbonyl (C=O) groups excluding carboxylic acids is 1. The standard InChI is InChI=1S/C12H15N5OS/c1-17-5-4-9(7-17)13-14-12(18)8-2-3-10-11(6-8)16-19-15-10/h2-3,6,9,13H,4-5,7H2,1H3,(H,14,18). The van der Waals surface area contributed by atoms with Crippen LogP contribution in [-0.4, -0.2) is 45.7 Å². The molecule has 0 spiro atoms. The lowest BCUT2D eigenvalue weighted by atomic mass is 10.2. The summed E-state index contributed by atoms with van der Waals surface area (Å²) in [7, 11) is 2.08. The Morgan fingerprint density at radius 2 is 2.26 bits per heavy atom. The summed E-state index contributed by atoms with van der Waals surface area (Å²) >= 11 is 1.15. The number of carbonyl (C=O) groups is 1. The topological polar surface area (TPSA) is 70.2 Å². The zero-order valence-electron chi connectivity index (χ0n) is 10.6. The normalized spacial score (nSPS) is 19.9. The molecule has 1 fully saturated rings. The van der Waals surface area contributed by atoms with Crippen molar-refractivity contribution in [2.24, 2.45) is 0 Å². The first-order valence-corrected chi connectivity index (χ1v) is 6.92. The third-order valence-corrected chi connectivity index (χ3v) is 3.85. The van der Waals surface area contributed by atoms with E-state index in [9.17, 15) is 4.79 Å². The molecule has 1 unspecified atom stereocenters. The van der Waals surface area contributed by atoms with Gasteiger partial charge in [-0.15, -0.1) is 0 Å². The molecule has 1 aromatic heterocycles. The highest BCUT2D eigenvalue weighted by Crippen LogP contribution is 2.13. The fraction of sp³-hybridized carbons (Fsp3) is 0.417. The molecule has 3 rings (SSSR count). The van der Waals surface area contributed by atoms with Crippen molar-refractivity contribution in [1.29, 1.82) is 0 Å². The minimum atomic E-state index is -0.135. The molecule has 0 radical (unpaired) electrons. The fourth-order valence-electron chi connectivity index (χ4n) is 2.22. The number of aromatic nitrogens is 2. The van der Waals surface area contributed by atoms with Gasteiger partial charge in [0.05, 0.1) is 11.7 Å². The van der Waals surface area contributed by atoms with Crippen LogP contribution in [0.3, 0.4) is 0 Å². The number of benzene rings is 1. The van der Waals surface area contributed by atoms with Crippen molar-refractivity contribution >= 4 is 28.7 Å². The van der Waals surface area contributed by atoms with Gasteiger partial charge in [0, 0.05) is 18.2 Å². The molecular formula is C12H15N5OS. The van der Waals surface area contributed by atoms with Crippen LogP contribution in [0.5, 0.6) is 0 Å². The predicted octanol–water partition coefficient (Wildman–Crippen LogP) is 0.630. The number of likely N-dealkylation sites (N-methyl/N-ethyl adjacent to an activating group) is 1. The molecule has 100 valence electrons. The van der Waals surface area contributed by atoms with Crippen LogP contribution in [0.1, 0.15) is 16.8 Å². The van der Waals surface area contributed by atoms with E-state index >= 15 is 0 Å². The van der Waals surface area contributed by atoms with Gasteiger partial charge in [-0.05, 0) is 38.2 Å². The summed E-state index contributed by atoms with van der Waals surface area (Å²) in [5.74, 6) is -0.135. The first-order valence-electron chi connectivity index (χ1n) is 6.19. The lowest BCUT2D eigenvalue weighted by Gasteiger charge is -2.13. The summed E-state index contributed by atoms with van der Waals surface area (Å²) in [4.78, 5) is 14.2. The smallest absolute Gasteiger partial charge is 0.265 e. The van der Waals surface area contributed by atoms with E-state index in [2.05, 4.69) is 31.5 Å². The van der Waals surface area contributed by atoms with E-state index < -0.39 is 0 Å². The van der Waals surface area contributed by atoms with Crippen LogP contribution in [0.25, 0.3) is 11.0 Å². The molecule has 1 aromatic carbocycles. The van der Waals surface area contributed by atoms with Crippen molar-refractivity contribution in [3.05, 3.63) is 23.8 Å². The van der Waals surface area contributed by atoms with Gasteiger partial charge in [0.1, 0.15) is 11.0 Å². The number of fused-ring (bicyclic) bond motifs is 1. The average Bonchev–Trinajstić information content (AvgIpc) is 3.03. The number of hydrazine groups is 1. The molecule has 2 heterocycles. The Hall–Kier alpha value is -1.57. The summed E-state index contributed by atoms with van der Waals surface area (Å²) in [6.45, 7) is 2.01. The lowest BCUT2D eigenvalue weighted by molar-refractivity contribution is 0.0925. The maximum atomic E-state index is 12.0. The van der Waals surface area contributed by atoms with E-state index in [-0.39, 0.29) is 5.91 Å². The second-order valence-corrected chi connectivity index (χ2v) is 5.34. The van der Waals surface area contributed by atoms with Crippen molar-refractivity contribution < 1.29 is 4.79 Å². The molecule has 2 aromatic rings. The molecule has 19 heavy (non-hydrogen) atoms. The van der Waals surface area contributed by atoms with Crippen molar-refractivity contribution in [2.75, 3.05) is 20.1 Å². The summed E-state index contributed by atoms with van der Waals surface area (Å²) < 4.78 is 8.25. The molecule has 7 heteroatoms. The number of hydrogen-bond donors (Lipinski definition) is 2. The van der Waals surface area contributed by atoms with Crippen LogP contribution in [0.2, 0.25) is 0 Å². The van der Waals surface area contributed by atoms with Gasteiger partial charge in [0.15, 0.2) is 0 Å². The Kier molecular flexibility index (Phi) is 3.41. The number of nitrogens with one attached hydrogen (secondary N) is 2. The summed E-state index contributed by atoms with van der Waals surface area (Å²) in [6.07, 6.45) is 1.05. The summed E-state index contributed by atoms with van der Waals surface area (Å²) in [6, 6.07) is 5.66. The van der Waals surface area contributed by atoms with Gasteiger partial charge in [-0.1, -0.05) is 0 Å². The Morgan fingerprint density at radius 1 is 1.42 bits per heavy atom. The Labute approximate surface area is 115 Å². The van der Waals surface area contributed by atoms with Gasteiger partial charge in [0.2, 0.25) is 0 Å². The molecule has 1 amide bonds. The molecule has 6 nitrogen and oxygen atoms in total. The van der Waals surface area contributed by atoms with E-state index in [0.29, 0.717) is 11.6 Å². The maximum Gasteiger partial charge on any atom is 0.265 e. The Balaban J connectivity index is 1.63. The highest BCUT2D eigenvalue weighted by atomic mass is 32.1. The van der Waals surface area contributed by atoms with Gasteiger partial charge in [-0.25, -0.2) is 5.43 Å². The summed E-state index contributed by atoms with van der Waals surface area (Å²) in [5, 5.41) is 0. The number of nitrogens with zero attached hydrogens (tertiary/aromatic N) is 3. The number of rotatable bonds is 3. The van der Waals surface area contributed by atoms with Crippen LogP contribution < -0.4 is 10.9 Å². The monoisotopic (exact) mass is 277 g/mol. The molecule has 0 aliphatic carbocycles. The fourth-order valence-corrected chi connectivity index (χ4v) is 2.73. The van der Waals surface area contributed by atoms with E-state index in [1.165, 1.54) is 0 Å². The van der Waals surface area contributed by atoms with E-state index in [1.807, 2.05) is 6.07 Å². The lowest BCUT2D eigenvalue weighted by Crippen LogP contribution is -2.45. The molecule has 1 saturated heterocycles. The zero-order valence-corrected chi connectivity index (χ0v) is 11.4. The van der Waals surface area contributed by atoms with Crippen LogP contribution in [-0.2, 0) is 0 Å². The van der Waals surface area contributed by atoms with Gasteiger partial charge < -0.3 is 4.90 Å². The molecule has 1 aliphatic heterocycles. The quantitative estimate of drug-likeness (QED) is 0.805. The van der Waals surface area contributed by atoms with Gasteiger partial charge >= 0.3 is 0 Å². The van der Waals surface area contributed by atoms with Gasteiger partial charge in [0.25, 0.3) is 5.91 Å². The Bertz CT molecular complexity index is 599. The van der Waals surface area contributed by atoms with Crippen LogP contribution in [0.4, 0.5) is 0 Å². The first kappa shape index (κ1) is 12.5. The molecule has 1 aliphatic rings. The van der Waals surface area contributed by atoms with Crippen LogP contribution >= 0.6 is 11.7 Å². The van der Waals surface area contributed by atoms with Gasteiger partial charge in [-0.2, -0.15) is 8.75 Å². The number of likely N-dealkylation sites (tertiary alicyclic amines) is 1. The van der Waals surface area contributed by atoms with Crippen molar-refractivity contribution in [3.8, 4) is 0 Å². The molecule has 1 atom stereocenters. The minimum absolute atomic E-state index is 0.135. The number of hydrogen-bond acceptors (Lipinski definition) is 6. The van der Waals surface area contributed by atoms with E-state index in [4.69, 9.17) is 0 Å². The van der Waals surface area contributed by atoms with Gasteiger partial charge in [-0.3, -0.25) is 10.2 Å². The van der Waals surface area contributed by atoms with Crippen molar-refractivity contribution in [2.45, 2.75) is 12.5 Å². The van der Waals surface area contributed by atoms with Crippen LogP contribution in [0, 0.1) is 0 Å². The van der Waals surface area contributed by atoms with Crippen LogP contribution in [0.15, 0.2) is 18.2 Å². The minimum Gasteiger partial charge on any atom is -0.305 e. The molecule has 0 saturated carbocycles. The maximum absolute atomic E-state index is 12.0. The molecule has 0 bridgehead atoms. The van der Waals surface area contributed by atoms with Crippen molar-refractivity contribution in [1.82, 2.24) is 24.5 Å². The highest BCUT2D eigenvalue weighted by Gasteiger charge is 2.19. The zero-order chi connectivity index (χ0) is 13.2. The van der Waals surface area contributed by atoms with Crippen molar-refractivity contribution in [3.63, 3.8) is 0 Å². The largest absolute Gasteiger partial charge is 0.305 e.